The van der Waals surface area contributed by atoms with Crippen molar-refractivity contribution in [3.63, 3.8) is 0 Å². The van der Waals surface area contributed by atoms with Crippen LogP contribution in [0.5, 0.6) is 5.75 Å². The van der Waals surface area contributed by atoms with Crippen molar-refractivity contribution in [1.29, 1.82) is 5.26 Å². The fraction of sp³-hybridized carbons (Fsp3) is 0.125. The van der Waals surface area contributed by atoms with Crippen molar-refractivity contribution in [3.05, 3.63) is 77.8 Å². The number of nitrogens with zero attached hydrogens (tertiary/aromatic N) is 5. The number of rotatable bonds is 7. The van der Waals surface area contributed by atoms with Gasteiger partial charge in [-0.3, -0.25) is 10.1 Å². The second-order valence-corrected chi connectivity index (χ2v) is 6.83. The van der Waals surface area contributed by atoms with Crippen molar-refractivity contribution < 1.29 is 5.11 Å². The number of benzene rings is 1. The van der Waals surface area contributed by atoms with Crippen LogP contribution in [0.15, 0.2) is 65.8 Å². The van der Waals surface area contributed by atoms with E-state index >= 15 is 0 Å². The average Bonchev–Trinajstić information content (AvgIpc) is 3.07. The molecule has 0 saturated carbocycles. The zero-order valence-electron chi connectivity index (χ0n) is 17.8. The molecular weight excluding hydrogens is 388 g/mol. The minimum absolute atomic E-state index is 0.0727. The Bertz CT molecular complexity index is 1250. The molecule has 3 rings (SSSR count). The second kappa shape index (κ2) is 9.01. The Hall–Kier alpha value is -4.31. The normalized spacial score (nSPS) is 12.3. The Morgan fingerprint density at radius 3 is 2.58 bits per heavy atom. The number of aromatic hydroxyl groups is 1. The van der Waals surface area contributed by atoms with Gasteiger partial charge in [0.25, 0.3) is 0 Å². The SMILES string of the molecule is C=C/C(=C\N=C)c1ccc(-c2nn(C)c(-n3[nH]c(/C=C\C(C#N)=C/C)c3C)c2O)cc1. The molecule has 3 aromatic rings. The van der Waals surface area contributed by atoms with E-state index in [9.17, 15) is 5.11 Å². The van der Waals surface area contributed by atoms with E-state index in [1.165, 1.54) is 0 Å². The van der Waals surface area contributed by atoms with Gasteiger partial charge in [0.1, 0.15) is 5.69 Å². The monoisotopic (exact) mass is 412 g/mol. The van der Waals surface area contributed by atoms with Gasteiger partial charge in [-0.05, 0) is 43.9 Å². The topological polar surface area (TPSA) is 94.9 Å². The zero-order valence-corrected chi connectivity index (χ0v) is 17.8. The maximum absolute atomic E-state index is 10.9. The minimum Gasteiger partial charge on any atom is -0.503 e. The number of aromatic nitrogens is 4. The van der Waals surface area contributed by atoms with Crippen LogP contribution in [-0.4, -0.2) is 31.4 Å². The lowest BCUT2D eigenvalue weighted by Crippen LogP contribution is -2.17. The molecule has 0 bridgehead atoms. The quantitative estimate of drug-likeness (QED) is 0.327. The third-order valence-electron chi connectivity index (χ3n) is 4.97. The Morgan fingerprint density at radius 1 is 1.32 bits per heavy atom. The van der Waals surface area contributed by atoms with E-state index in [2.05, 4.69) is 34.6 Å². The maximum atomic E-state index is 10.9. The minimum atomic E-state index is 0.0727. The summed E-state index contributed by atoms with van der Waals surface area (Å²) in [5.41, 5.74) is 5.41. The summed E-state index contributed by atoms with van der Waals surface area (Å²) in [6.07, 6.45) is 8.68. The van der Waals surface area contributed by atoms with Crippen LogP contribution in [0, 0.1) is 18.3 Å². The molecule has 0 amide bonds. The number of aromatic amines is 1. The van der Waals surface area contributed by atoms with Crippen LogP contribution in [0.25, 0.3) is 28.7 Å². The fourth-order valence-electron chi connectivity index (χ4n) is 3.21. The first kappa shape index (κ1) is 21.4. The van der Waals surface area contributed by atoms with Crippen molar-refractivity contribution in [2.45, 2.75) is 13.8 Å². The summed E-state index contributed by atoms with van der Waals surface area (Å²) in [7, 11) is 1.78. The molecule has 0 aliphatic heterocycles. The van der Waals surface area contributed by atoms with Crippen molar-refractivity contribution >= 4 is 18.4 Å². The molecule has 0 radical (unpaired) electrons. The first-order valence-corrected chi connectivity index (χ1v) is 9.62. The van der Waals surface area contributed by atoms with Crippen molar-refractivity contribution in [2.24, 2.45) is 12.0 Å². The van der Waals surface area contributed by atoms with Gasteiger partial charge in [0.05, 0.1) is 17.5 Å². The number of aryl methyl sites for hydroxylation is 1. The number of allylic oxidation sites excluding steroid dienone is 5. The number of aliphatic imine (C=N–C) groups is 1. The molecule has 0 saturated heterocycles. The van der Waals surface area contributed by atoms with Gasteiger partial charge in [-0.2, -0.15) is 10.4 Å². The van der Waals surface area contributed by atoms with Gasteiger partial charge in [0.15, 0.2) is 11.6 Å². The highest BCUT2D eigenvalue weighted by atomic mass is 16.3. The molecule has 0 unspecified atom stereocenters. The number of nitriles is 1. The highest BCUT2D eigenvalue weighted by Crippen LogP contribution is 2.35. The third-order valence-corrected chi connectivity index (χ3v) is 4.97. The van der Waals surface area contributed by atoms with Crippen LogP contribution >= 0.6 is 0 Å². The summed E-state index contributed by atoms with van der Waals surface area (Å²) >= 11 is 0. The third kappa shape index (κ3) is 4.05. The maximum Gasteiger partial charge on any atom is 0.193 e. The molecule has 156 valence electrons. The van der Waals surface area contributed by atoms with Gasteiger partial charge in [-0.1, -0.05) is 43.0 Å². The molecule has 31 heavy (non-hydrogen) atoms. The van der Waals surface area contributed by atoms with Gasteiger partial charge in [-0.25, -0.2) is 9.36 Å². The predicted molar refractivity (Wildman–Crippen MR) is 125 cm³/mol. The summed E-state index contributed by atoms with van der Waals surface area (Å²) in [4.78, 5) is 3.79. The van der Waals surface area contributed by atoms with Gasteiger partial charge in [0.2, 0.25) is 0 Å². The number of hydrogen-bond donors (Lipinski definition) is 2. The van der Waals surface area contributed by atoms with Gasteiger partial charge in [0, 0.05) is 24.4 Å². The largest absolute Gasteiger partial charge is 0.503 e. The van der Waals surface area contributed by atoms with Crippen LogP contribution < -0.4 is 0 Å². The van der Waals surface area contributed by atoms with E-state index in [1.807, 2.05) is 44.2 Å². The van der Waals surface area contributed by atoms with E-state index in [1.54, 1.807) is 40.8 Å². The Labute approximate surface area is 181 Å². The fourth-order valence-corrected chi connectivity index (χ4v) is 3.21. The summed E-state index contributed by atoms with van der Waals surface area (Å²) in [6.45, 7) is 11.0. The molecule has 0 atom stereocenters. The lowest BCUT2D eigenvalue weighted by Gasteiger charge is -2.19. The molecule has 2 heterocycles. The number of H-pyrrole nitrogens is 1. The standard InChI is InChI=1S/C24H24N6O/c1-6-17(14-25)8-13-21-16(3)30(27-21)24-23(31)22(28-29(24)5)20-11-9-19(10-12-20)18(7-2)15-26-4/h6-13,15,27,31H,2,4H2,1,3,5H3/b13-8-,17-6+,18-15+. The van der Waals surface area contributed by atoms with Gasteiger partial charge < -0.3 is 5.11 Å². The molecular formula is C24H24N6O. The molecule has 1 aromatic carbocycles. The van der Waals surface area contributed by atoms with Crippen molar-refractivity contribution in [1.82, 2.24) is 19.6 Å². The summed E-state index contributed by atoms with van der Waals surface area (Å²) in [5.74, 6) is 0.603. The van der Waals surface area contributed by atoms with E-state index < -0.39 is 0 Å². The first-order valence-electron chi connectivity index (χ1n) is 9.62. The molecule has 7 heteroatoms. The van der Waals surface area contributed by atoms with E-state index in [0.29, 0.717) is 17.1 Å². The van der Waals surface area contributed by atoms with E-state index in [0.717, 1.165) is 28.1 Å². The Morgan fingerprint density at radius 2 is 2.03 bits per heavy atom. The highest BCUT2D eigenvalue weighted by Gasteiger charge is 2.22. The van der Waals surface area contributed by atoms with E-state index in [4.69, 9.17) is 5.26 Å². The summed E-state index contributed by atoms with van der Waals surface area (Å²) in [5, 5.41) is 27.6. The van der Waals surface area contributed by atoms with Crippen LogP contribution in [-0.2, 0) is 7.05 Å². The average molecular weight is 412 g/mol. The van der Waals surface area contributed by atoms with Crippen LogP contribution in [0.1, 0.15) is 23.9 Å². The van der Waals surface area contributed by atoms with E-state index in [-0.39, 0.29) is 5.75 Å². The lowest BCUT2D eigenvalue weighted by molar-refractivity contribution is 0.466. The zero-order chi connectivity index (χ0) is 22.5. The van der Waals surface area contributed by atoms with Crippen LogP contribution in [0.2, 0.25) is 0 Å². The first-order chi connectivity index (χ1) is 14.9. The highest BCUT2D eigenvalue weighted by molar-refractivity contribution is 5.77. The summed E-state index contributed by atoms with van der Waals surface area (Å²) < 4.78 is 3.38. The van der Waals surface area contributed by atoms with Crippen molar-refractivity contribution in [2.75, 3.05) is 0 Å². The lowest BCUT2D eigenvalue weighted by atomic mass is 10.0. The molecule has 0 spiro atoms. The van der Waals surface area contributed by atoms with Gasteiger partial charge >= 0.3 is 0 Å². The second-order valence-electron chi connectivity index (χ2n) is 6.83. The summed E-state index contributed by atoms with van der Waals surface area (Å²) in [6, 6.07) is 9.74. The molecule has 2 N–H and O–H groups in total. The van der Waals surface area contributed by atoms with Crippen molar-refractivity contribution in [3.8, 4) is 28.9 Å². The molecule has 7 nitrogen and oxygen atoms in total. The Balaban J connectivity index is 1.93. The number of hydrogen-bond acceptors (Lipinski definition) is 4. The van der Waals surface area contributed by atoms with Crippen LogP contribution in [0.4, 0.5) is 0 Å². The van der Waals surface area contributed by atoms with Gasteiger partial charge in [-0.15, -0.1) is 0 Å². The number of nitrogens with one attached hydrogen (secondary N) is 1. The predicted octanol–water partition coefficient (Wildman–Crippen LogP) is 4.93. The van der Waals surface area contributed by atoms with Crippen LogP contribution in [0.3, 0.4) is 0 Å². The Kier molecular flexibility index (Phi) is 6.22. The molecule has 0 aliphatic rings. The molecule has 0 fully saturated rings. The molecule has 2 aromatic heterocycles. The molecule has 0 aliphatic carbocycles. The smallest absolute Gasteiger partial charge is 0.193 e.